The number of nitrogens with one attached hydrogen (secondary N) is 2. The zero-order valence-electron chi connectivity index (χ0n) is 16.3. The predicted octanol–water partition coefficient (Wildman–Crippen LogP) is 5.12. The molecule has 2 unspecified atom stereocenters. The first-order valence-electron chi connectivity index (χ1n) is 9.60. The summed E-state index contributed by atoms with van der Waals surface area (Å²) in [5.41, 5.74) is 5.02. The first-order chi connectivity index (χ1) is 14.9. The Morgan fingerprint density at radius 3 is 2.41 bits per heavy atom. The zero-order valence-corrected chi connectivity index (χ0v) is 18.5. The SMILES string of the molecule is NC1(NC(=O)c2cc(NC(=O)C3C(c4ccc(C(F)F)c(F)c4)C3(Cl)Cl)ccc2Cl)CC1. The van der Waals surface area contributed by atoms with E-state index in [4.69, 9.17) is 40.5 Å². The molecule has 2 aliphatic rings. The molecule has 0 spiro atoms. The molecule has 4 N–H and O–H groups in total. The first kappa shape index (κ1) is 23.2. The minimum Gasteiger partial charge on any atom is -0.334 e. The van der Waals surface area contributed by atoms with Crippen LogP contribution < -0.4 is 16.4 Å². The van der Waals surface area contributed by atoms with Gasteiger partial charge in [-0.25, -0.2) is 13.2 Å². The van der Waals surface area contributed by atoms with Crippen LogP contribution in [0.3, 0.4) is 0 Å². The lowest BCUT2D eigenvalue weighted by Gasteiger charge is -2.14. The van der Waals surface area contributed by atoms with Crippen LogP contribution in [0.2, 0.25) is 5.02 Å². The van der Waals surface area contributed by atoms with Gasteiger partial charge in [-0.1, -0.05) is 23.7 Å². The topological polar surface area (TPSA) is 84.2 Å². The zero-order chi connectivity index (χ0) is 23.4. The van der Waals surface area contributed by atoms with E-state index in [1.165, 1.54) is 24.3 Å². The molecule has 0 saturated heterocycles. The van der Waals surface area contributed by atoms with Crippen LogP contribution in [0, 0.1) is 11.7 Å². The van der Waals surface area contributed by atoms with Gasteiger partial charge in [-0.05, 0) is 42.7 Å². The fraction of sp³-hybridized carbons (Fsp3) is 0.333. The number of alkyl halides is 4. The highest BCUT2D eigenvalue weighted by Gasteiger charge is 2.67. The molecule has 0 aliphatic heterocycles. The molecule has 32 heavy (non-hydrogen) atoms. The van der Waals surface area contributed by atoms with Gasteiger partial charge in [0, 0.05) is 11.6 Å². The molecule has 0 aromatic heterocycles. The van der Waals surface area contributed by atoms with Crippen molar-refractivity contribution in [1.29, 1.82) is 0 Å². The maximum atomic E-state index is 14.0. The highest BCUT2D eigenvalue weighted by Crippen LogP contribution is 2.65. The van der Waals surface area contributed by atoms with Gasteiger partial charge >= 0.3 is 0 Å². The van der Waals surface area contributed by atoms with E-state index in [0.29, 0.717) is 12.8 Å². The predicted molar refractivity (Wildman–Crippen MR) is 116 cm³/mol. The van der Waals surface area contributed by atoms with Crippen molar-refractivity contribution in [3.05, 3.63) is 63.9 Å². The van der Waals surface area contributed by atoms with Crippen molar-refractivity contribution in [3.63, 3.8) is 0 Å². The number of anilines is 1. The Hall–Kier alpha value is -2.00. The Morgan fingerprint density at radius 2 is 1.81 bits per heavy atom. The Bertz CT molecular complexity index is 1110. The van der Waals surface area contributed by atoms with Gasteiger partial charge in [0.2, 0.25) is 5.91 Å². The third kappa shape index (κ3) is 4.41. The summed E-state index contributed by atoms with van der Waals surface area (Å²) in [7, 11) is 0. The summed E-state index contributed by atoms with van der Waals surface area (Å²) in [6.07, 6.45) is -1.66. The van der Waals surface area contributed by atoms with Crippen LogP contribution in [0.4, 0.5) is 18.9 Å². The summed E-state index contributed by atoms with van der Waals surface area (Å²) in [5.74, 6) is -3.92. The smallest absolute Gasteiger partial charge is 0.266 e. The summed E-state index contributed by atoms with van der Waals surface area (Å²) in [5, 5.41) is 5.46. The van der Waals surface area contributed by atoms with Crippen LogP contribution in [-0.4, -0.2) is 21.8 Å². The highest BCUT2D eigenvalue weighted by molar-refractivity contribution is 6.53. The van der Waals surface area contributed by atoms with Gasteiger partial charge in [-0.3, -0.25) is 9.59 Å². The summed E-state index contributed by atoms with van der Waals surface area (Å²) in [6, 6.07) is 7.45. The Labute approximate surface area is 196 Å². The Kier molecular flexibility index (Phi) is 5.86. The molecule has 2 fully saturated rings. The standard InChI is InChI=1S/C21H17Cl3F3N3O2/c22-13-4-2-10(8-12(13)18(31)30-20(28)5-6-20)29-19(32)16-15(21(16,23)24)9-1-3-11(17(26)27)14(25)7-9/h1-4,7-8,15-17H,5-6,28H2,(H,29,32)(H,30,31). The van der Waals surface area contributed by atoms with E-state index < -0.39 is 51.5 Å². The van der Waals surface area contributed by atoms with Gasteiger partial charge in [0.1, 0.15) is 10.2 Å². The third-order valence-electron chi connectivity index (χ3n) is 5.58. The molecule has 4 rings (SSSR count). The third-order valence-corrected chi connectivity index (χ3v) is 6.85. The Balaban J connectivity index is 1.50. The molecule has 0 bridgehead atoms. The van der Waals surface area contributed by atoms with Crippen molar-refractivity contribution in [2.45, 2.75) is 35.2 Å². The summed E-state index contributed by atoms with van der Waals surface area (Å²) in [4.78, 5) is 25.2. The molecule has 2 aromatic rings. The van der Waals surface area contributed by atoms with Crippen LogP contribution in [0.15, 0.2) is 36.4 Å². The average Bonchev–Trinajstić information content (AvgIpc) is 3.57. The molecule has 2 aromatic carbocycles. The van der Waals surface area contributed by atoms with Crippen LogP contribution in [0.25, 0.3) is 0 Å². The van der Waals surface area contributed by atoms with Gasteiger partial charge in [-0.2, -0.15) is 0 Å². The quantitative estimate of drug-likeness (QED) is 0.375. The molecule has 0 heterocycles. The maximum absolute atomic E-state index is 14.0. The number of nitrogens with two attached hydrogens (primary N) is 1. The Morgan fingerprint density at radius 1 is 1.12 bits per heavy atom. The number of halogens is 6. The van der Waals surface area contributed by atoms with E-state index in [9.17, 15) is 22.8 Å². The number of hydrogen-bond donors (Lipinski definition) is 3. The largest absolute Gasteiger partial charge is 0.334 e. The highest BCUT2D eigenvalue weighted by atomic mass is 35.5. The monoisotopic (exact) mass is 505 g/mol. The lowest BCUT2D eigenvalue weighted by molar-refractivity contribution is -0.117. The molecule has 170 valence electrons. The molecular weight excluding hydrogens is 490 g/mol. The van der Waals surface area contributed by atoms with Crippen molar-refractivity contribution < 1.29 is 22.8 Å². The number of hydrogen-bond acceptors (Lipinski definition) is 3. The van der Waals surface area contributed by atoms with Crippen LogP contribution >= 0.6 is 34.8 Å². The molecule has 0 radical (unpaired) electrons. The summed E-state index contributed by atoms with van der Waals surface area (Å²) >= 11 is 18.6. The second-order valence-electron chi connectivity index (χ2n) is 8.01. The molecular formula is C21H17Cl3F3N3O2. The van der Waals surface area contributed by atoms with Crippen LogP contribution in [0.5, 0.6) is 0 Å². The van der Waals surface area contributed by atoms with Gasteiger partial charge in [0.15, 0.2) is 0 Å². The molecule has 2 aliphatic carbocycles. The number of benzene rings is 2. The summed E-state index contributed by atoms with van der Waals surface area (Å²) in [6.45, 7) is 0. The second-order valence-corrected chi connectivity index (χ2v) is 9.86. The van der Waals surface area contributed by atoms with Crippen molar-refractivity contribution in [2.75, 3.05) is 5.32 Å². The van der Waals surface area contributed by atoms with Crippen LogP contribution in [0.1, 0.15) is 46.7 Å². The summed E-state index contributed by atoms with van der Waals surface area (Å²) < 4.78 is 38.0. The fourth-order valence-electron chi connectivity index (χ4n) is 3.53. The lowest BCUT2D eigenvalue weighted by atomic mass is 10.1. The minimum absolute atomic E-state index is 0.126. The van der Waals surface area contributed by atoms with Gasteiger partial charge in [0.25, 0.3) is 12.3 Å². The lowest BCUT2D eigenvalue weighted by Crippen LogP contribution is -2.43. The number of rotatable bonds is 6. The van der Waals surface area contributed by atoms with E-state index in [2.05, 4.69) is 10.6 Å². The number of carbonyl (C=O) groups excluding carboxylic acids is 2. The van der Waals surface area contributed by atoms with Gasteiger partial charge < -0.3 is 16.4 Å². The average molecular weight is 507 g/mol. The van der Waals surface area contributed by atoms with E-state index in [0.717, 1.165) is 12.1 Å². The van der Waals surface area contributed by atoms with E-state index in [1.807, 2.05) is 0 Å². The van der Waals surface area contributed by atoms with Crippen LogP contribution in [-0.2, 0) is 4.79 Å². The molecule has 2 saturated carbocycles. The second kappa shape index (κ2) is 8.09. The van der Waals surface area contributed by atoms with Crippen molar-refractivity contribution >= 4 is 52.3 Å². The van der Waals surface area contributed by atoms with Crippen molar-refractivity contribution in [2.24, 2.45) is 11.7 Å². The minimum atomic E-state index is -2.97. The van der Waals surface area contributed by atoms with Gasteiger partial charge in [-0.15, -0.1) is 23.2 Å². The molecule has 11 heteroatoms. The van der Waals surface area contributed by atoms with Gasteiger partial charge in [0.05, 0.1) is 27.7 Å². The van der Waals surface area contributed by atoms with Crippen molar-refractivity contribution in [1.82, 2.24) is 5.32 Å². The normalized spacial score (nSPS) is 22.4. The maximum Gasteiger partial charge on any atom is 0.266 e. The molecule has 5 nitrogen and oxygen atoms in total. The molecule has 2 atom stereocenters. The van der Waals surface area contributed by atoms with E-state index >= 15 is 0 Å². The van der Waals surface area contributed by atoms with Crippen molar-refractivity contribution in [3.8, 4) is 0 Å². The number of carbonyl (C=O) groups is 2. The molecule has 2 amide bonds. The van der Waals surface area contributed by atoms with E-state index in [1.54, 1.807) is 0 Å². The fourth-order valence-corrected chi connectivity index (χ4v) is 4.56. The van der Waals surface area contributed by atoms with E-state index in [-0.39, 0.29) is 21.8 Å². The number of amides is 2. The first-order valence-corrected chi connectivity index (χ1v) is 10.7.